The standard InChI is InChI=1S/C9H13ClN2O2/c1-13-8-4-7(10)3-6(5-12-11)9(8)14-2/h3-4,12H,5,11H2,1-2H3. The van der Waals surface area contributed by atoms with Gasteiger partial charge in [0.15, 0.2) is 11.5 Å². The molecule has 0 heterocycles. The first-order valence-electron chi connectivity index (χ1n) is 4.06. The van der Waals surface area contributed by atoms with Crippen molar-refractivity contribution in [2.75, 3.05) is 14.2 Å². The molecule has 0 unspecified atom stereocenters. The maximum Gasteiger partial charge on any atom is 0.165 e. The van der Waals surface area contributed by atoms with E-state index in [9.17, 15) is 0 Å². The summed E-state index contributed by atoms with van der Waals surface area (Å²) in [5.74, 6) is 6.49. The molecule has 0 aliphatic heterocycles. The number of rotatable bonds is 4. The molecule has 3 N–H and O–H groups in total. The lowest BCUT2D eigenvalue weighted by Crippen LogP contribution is -2.21. The average molecular weight is 217 g/mol. The van der Waals surface area contributed by atoms with Crippen molar-refractivity contribution < 1.29 is 9.47 Å². The van der Waals surface area contributed by atoms with Crippen LogP contribution in [-0.2, 0) is 6.54 Å². The van der Waals surface area contributed by atoms with E-state index in [4.69, 9.17) is 26.9 Å². The Morgan fingerprint density at radius 2 is 2.07 bits per heavy atom. The Kier molecular flexibility index (Phi) is 4.00. The van der Waals surface area contributed by atoms with Crippen molar-refractivity contribution in [1.29, 1.82) is 0 Å². The van der Waals surface area contributed by atoms with Gasteiger partial charge in [0.25, 0.3) is 0 Å². The van der Waals surface area contributed by atoms with Crippen LogP contribution in [0.2, 0.25) is 5.02 Å². The van der Waals surface area contributed by atoms with Gasteiger partial charge >= 0.3 is 0 Å². The van der Waals surface area contributed by atoms with Crippen LogP contribution < -0.4 is 20.7 Å². The zero-order valence-electron chi connectivity index (χ0n) is 8.13. The van der Waals surface area contributed by atoms with Crippen molar-refractivity contribution in [3.63, 3.8) is 0 Å². The lowest BCUT2D eigenvalue weighted by molar-refractivity contribution is 0.351. The van der Waals surface area contributed by atoms with E-state index >= 15 is 0 Å². The van der Waals surface area contributed by atoms with Crippen LogP contribution in [0.1, 0.15) is 5.56 Å². The predicted octanol–water partition coefficient (Wildman–Crippen LogP) is 1.32. The van der Waals surface area contributed by atoms with Crippen LogP contribution in [0.3, 0.4) is 0 Å². The first-order valence-corrected chi connectivity index (χ1v) is 4.44. The van der Waals surface area contributed by atoms with Gasteiger partial charge < -0.3 is 9.47 Å². The highest BCUT2D eigenvalue weighted by molar-refractivity contribution is 6.30. The highest BCUT2D eigenvalue weighted by Gasteiger charge is 2.10. The molecule has 0 aliphatic carbocycles. The molecule has 5 heteroatoms. The number of nitrogens with two attached hydrogens (primary N) is 1. The van der Waals surface area contributed by atoms with Crippen molar-refractivity contribution in [3.8, 4) is 11.5 Å². The van der Waals surface area contributed by atoms with Gasteiger partial charge in [-0.05, 0) is 6.07 Å². The highest BCUT2D eigenvalue weighted by atomic mass is 35.5. The van der Waals surface area contributed by atoms with E-state index in [1.54, 1.807) is 26.4 Å². The van der Waals surface area contributed by atoms with Gasteiger partial charge in [0.2, 0.25) is 0 Å². The average Bonchev–Trinajstić information content (AvgIpc) is 2.17. The summed E-state index contributed by atoms with van der Waals surface area (Å²) in [6, 6.07) is 3.48. The number of hydrazine groups is 1. The summed E-state index contributed by atoms with van der Waals surface area (Å²) in [6.45, 7) is 0.472. The molecular weight excluding hydrogens is 204 g/mol. The van der Waals surface area contributed by atoms with Gasteiger partial charge in [-0.15, -0.1) is 0 Å². The summed E-state index contributed by atoms with van der Waals surface area (Å²) in [6.07, 6.45) is 0. The molecule has 1 aromatic rings. The maximum atomic E-state index is 5.89. The molecule has 0 aliphatic rings. The van der Waals surface area contributed by atoms with Crippen LogP contribution in [0.5, 0.6) is 11.5 Å². The fourth-order valence-corrected chi connectivity index (χ4v) is 1.48. The van der Waals surface area contributed by atoms with Crippen LogP contribution in [0.4, 0.5) is 0 Å². The van der Waals surface area contributed by atoms with Crippen molar-refractivity contribution in [2.24, 2.45) is 5.84 Å². The first-order chi connectivity index (χ1) is 6.72. The highest BCUT2D eigenvalue weighted by Crippen LogP contribution is 2.34. The number of ether oxygens (including phenoxy) is 2. The van der Waals surface area contributed by atoms with E-state index in [-0.39, 0.29) is 0 Å². The lowest BCUT2D eigenvalue weighted by Gasteiger charge is -2.12. The number of hydrogen-bond acceptors (Lipinski definition) is 4. The quantitative estimate of drug-likeness (QED) is 0.589. The largest absolute Gasteiger partial charge is 0.493 e. The molecule has 0 fully saturated rings. The monoisotopic (exact) mass is 216 g/mol. The normalized spacial score (nSPS) is 10.0. The van der Waals surface area contributed by atoms with E-state index in [0.717, 1.165) is 5.56 Å². The molecule has 4 nitrogen and oxygen atoms in total. The zero-order chi connectivity index (χ0) is 10.6. The second-order valence-electron chi connectivity index (χ2n) is 2.68. The van der Waals surface area contributed by atoms with Gasteiger partial charge in [-0.1, -0.05) is 11.6 Å². The molecule has 0 radical (unpaired) electrons. The van der Waals surface area contributed by atoms with Crippen LogP contribution >= 0.6 is 11.6 Å². The number of nitrogens with one attached hydrogen (secondary N) is 1. The van der Waals surface area contributed by atoms with Crippen molar-refractivity contribution in [2.45, 2.75) is 6.54 Å². The van der Waals surface area contributed by atoms with Gasteiger partial charge in [-0.3, -0.25) is 11.3 Å². The Labute approximate surface area is 87.9 Å². The fraction of sp³-hybridized carbons (Fsp3) is 0.333. The summed E-state index contributed by atoms with van der Waals surface area (Å²) < 4.78 is 10.3. The SMILES string of the molecule is COc1cc(Cl)cc(CNN)c1OC. The van der Waals surface area contributed by atoms with Crippen molar-refractivity contribution >= 4 is 11.6 Å². The number of hydrogen-bond donors (Lipinski definition) is 2. The third-order valence-corrected chi connectivity index (χ3v) is 2.03. The topological polar surface area (TPSA) is 56.5 Å². The predicted molar refractivity (Wildman–Crippen MR) is 55.6 cm³/mol. The minimum atomic E-state index is 0.472. The fourth-order valence-electron chi connectivity index (χ4n) is 1.25. The molecular formula is C9H13ClN2O2. The third-order valence-electron chi connectivity index (χ3n) is 1.81. The molecule has 0 aromatic heterocycles. The summed E-state index contributed by atoms with van der Waals surface area (Å²) in [5, 5.41) is 0.591. The van der Waals surface area contributed by atoms with Crippen molar-refractivity contribution in [1.82, 2.24) is 5.43 Å². The maximum absolute atomic E-state index is 5.89. The molecule has 0 amide bonds. The molecule has 0 saturated carbocycles. The number of methoxy groups -OCH3 is 2. The van der Waals surface area contributed by atoms with Crippen LogP contribution in [-0.4, -0.2) is 14.2 Å². The Morgan fingerprint density at radius 1 is 1.36 bits per heavy atom. The third kappa shape index (κ3) is 2.29. The van der Waals surface area contributed by atoms with Crippen LogP contribution in [0, 0.1) is 0 Å². The second kappa shape index (κ2) is 5.05. The van der Waals surface area contributed by atoms with Gasteiger partial charge in [0.1, 0.15) is 0 Å². The zero-order valence-corrected chi connectivity index (χ0v) is 8.89. The molecule has 0 bridgehead atoms. The van der Waals surface area contributed by atoms with Crippen LogP contribution in [0.15, 0.2) is 12.1 Å². The van der Waals surface area contributed by atoms with Gasteiger partial charge in [0, 0.05) is 23.2 Å². The minimum Gasteiger partial charge on any atom is -0.493 e. The molecule has 0 saturated heterocycles. The van der Waals surface area contributed by atoms with E-state index in [1.165, 1.54) is 0 Å². The Bertz CT molecular complexity index is 318. The van der Waals surface area contributed by atoms with E-state index in [1.807, 2.05) is 0 Å². The van der Waals surface area contributed by atoms with Gasteiger partial charge in [-0.25, -0.2) is 0 Å². The summed E-state index contributed by atoms with van der Waals surface area (Å²) in [4.78, 5) is 0. The van der Waals surface area contributed by atoms with E-state index in [0.29, 0.717) is 23.1 Å². The van der Waals surface area contributed by atoms with E-state index in [2.05, 4.69) is 5.43 Å². The molecule has 0 spiro atoms. The molecule has 1 rings (SSSR count). The summed E-state index contributed by atoms with van der Waals surface area (Å²) in [7, 11) is 3.14. The van der Waals surface area contributed by atoms with Crippen molar-refractivity contribution in [3.05, 3.63) is 22.7 Å². The second-order valence-corrected chi connectivity index (χ2v) is 3.12. The smallest absolute Gasteiger partial charge is 0.165 e. The minimum absolute atomic E-state index is 0.472. The number of benzene rings is 1. The Balaban J connectivity index is 3.17. The van der Waals surface area contributed by atoms with E-state index < -0.39 is 0 Å². The number of halogens is 1. The lowest BCUT2D eigenvalue weighted by atomic mass is 10.2. The van der Waals surface area contributed by atoms with Gasteiger partial charge in [-0.2, -0.15) is 0 Å². The first kappa shape index (κ1) is 11.1. The summed E-state index contributed by atoms with van der Waals surface area (Å²) in [5.41, 5.74) is 3.40. The molecule has 78 valence electrons. The molecule has 14 heavy (non-hydrogen) atoms. The Hall–Kier alpha value is -0.970. The summed E-state index contributed by atoms with van der Waals surface area (Å²) >= 11 is 5.89. The van der Waals surface area contributed by atoms with Crippen LogP contribution in [0.25, 0.3) is 0 Å². The van der Waals surface area contributed by atoms with Gasteiger partial charge in [0.05, 0.1) is 14.2 Å². The molecule has 0 atom stereocenters. The Morgan fingerprint density at radius 3 is 2.57 bits per heavy atom. The molecule has 1 aromatic carbocycles.